The van der Waals surface area contributed by atoms with Gasteiger partial charge in [-0.3, -0.25) is 14.2 Å². The Kier molecular flexibility index (Phi) is 8.29. The standard InChI is InChI=1S/C28H32FN5O3S/c29-19-9-11-20(12-10-19)37-16-4-14-31-17-26(35)33-15-13-24-22(18-33)27(36)34(25-8-2-1-7-23(25)30)28(32-24)38-21-5-3-6-21/h1-2,7-12,21,31H,3-6,13-18,30H2. The third-order valence-electron chi connectivity index (χ3n) is 6.91. The molecule has 1 aliphatic heterocycles. The number of nitrogens with two attached hydrogens (primary N) is 1. The Morgan fingerprint density at radius 1 is 1.18 bits per heavy atom. The number of nitrogens with zero attached hydrogens (tertiary/aromatic N) is 3. The number of para-hydroxylation sites is 2. The molecule has 1 aliphatic carbocycles. The highest BCUT2D eigenvalue weighted by Crippen LogP contribution is 2.37. The number of carbonyl (C=O) groups excluding carboxylic acids is 1. The fourth-order valence-electron chi connectivity index (χ4n) is 4.51. The van der Waals surface area contributed by atoms with E-state index in [-0.39, 0.29) is 30.4 Å². The van der Waals surface area contributed by atoms with Crippen LogP contribution in [0.2, 0.25) is 0 Å². The van der Waals surface area contributed by atoms with Crippen LogP contribution < -0.4 is 21.3 Å². The third-order valence-corrected chi connectivity index (χ3v) is 8.20. The van der Waals surface area contributed by atoms with Crippen LogP contribution in [0.3, 0.4) is 0 Å². The summed E-state index contributed by atoms with van der Waals surface area (Å²) in [6.07, 6.45) is 4.69. The number of hydrogen-bond donors (Lipinski definition) is 2. The lowest BCUT2D eigenvalue weighted by Crippen LogP contribution is -2.44. The van der Waals surface area contributed by atoms with Gasteiger partial charge >= 0.3 is 0 Å². The molecule has 2 aromatic carbocycles. The van der Waals surface area contributed by atoms with Crippen molar-refractivity contribution in [1.82, 2.24) is 19.8 Å². The lowest BCUT2D eigenvalue weighted by atomic mass is 10.0. The maximum absolute atomic E-state index is 13.8. The van der Waals surface area contributed by atoms with Crippen LogP contribution in [-0.4, -0.2) is 51.8 Å². The largest absolute Gasteiger partial charge is 0.494 e. The van der Waals surface area contributed by atoms with Gasteiger partial charge in [0.1, 0.15) is 11.6 Å². The average molecular weight is 538 g/mol. The van der Waals surface area contributed by atoms with E-state index in [1.165, 1.54) is 18.6 Å². The van der Waals surface area contributed by atoms with E-state index >= 15 is 0 Å². The Morgan fingerprint density at radius 3 is 2.71 bits per heavy atom. The summed E-state index contributed by atoms with van der Waals surface area (Å²) in [5.74, 6) is 0.248. The fraction of sp³-hybridized carbons (Fsp3) is 0.393. The van der Waals surface area contributed by atoms with Crippen LogP contribution in [-0.2, 0) is 17.8 Å². The lowest BCUT2D eigenvalue weighted by molar-refractivity contribution is -0.131. The molecule has 0 bridgehead atoms. The molecule has 38 heavy (non-hydrogen) atoms. The number of fused-ring (bicyclic) bond motifs is 1. The quantitative estimate of drug-likeness (QED) is 0.232. The molecule has 0 atom stereocenters. The van der Waals surface area contributed by atoms with Crippen LogP contribution >= 0.6 is 11.8 Å². The van der Waals surface area contributed by atoms with Gasteiger partial charge in [0, 0.05) is 18.2 Å². The number of anilines is 1. The van der Waals surface area contributed by atoms with Crippen molar-refractivity contribution in [2.24, 2.45) is 0 Å². The summed E-state index contributed by atoms with van der Waals surface area (Å²) in [6.45, 7) is 1.99. The van der Waals surface area contributed by atoms with Gasteiger partial charge in [0.25, 0.3) is 5.56 Å². The van der Waals surface area contributed by atoms with Crippen LogP contribution in [0, 0.1) is 5.82 Å². The predicted molar refractivity (Wildman–Crippen MR) is 146 cm³/mol. The number of carbonyl (C=O) groups is 1. The molecular weight excluding hydrogens is 505 g/mol. The molecule has 0 unspecified atom stereocenters. The van der Waals surface area contributed by atoms with Gasteiger partial charge in [0.2, 0.25) is 5.91 Å². The van der Waals surface area contributed by atoms with E-state index in [9.17, 15) is 14.0 Å². The molecular formula is C28H32FN5O3S. The molecule has 2 aliphatic rings. The number of hydrogen-bond acceptors (Lipinski definition) is 7. The van der Waals surface area contributed by atoms with Crippen molar-refractivity contribution < 1.29 is 13.9 Å². The van der Waals surface area contributed by atoms with Crippen molar-refractivity contribution in [1.29, 1.82) is 0 Å². The molecule has 1 saturated carbocycles. The summed E-state index contributed by atoms with van der Waals surface area (Å²) in [7, 11) is 0. The predicted octanol–water partition coefficient (Wildman–Crippen LogP) is 3.54. The first-order valence-corrected chi connectivity index (χ1v) is 13.9. The number of halogens is 1. The minimum absolute atomic E-state index is 0.0619. The van der Waals surface area contributed by atoms with E-state index in [0.717, 1.165) is 18.5 Å². The SMILES string of the molecule is Nc1ccccc1-n1c(SC2CCC2)nc2c(c1=O)CN(C(=O)CNCCCOc1ccc(F)cc1)CC2. The second-order valence-corrected chi connectivity index (χ2v) is 10.9. The van der Waals surface area contributed by atoms with E-state index in [0.29, 0.717) is 65.6 Å². The number of rotatable bonds is 10. The van der Waals surface area contributed by atoms with Crippen molar-refractivity contribution in [3.05, 3.63) is 76.0 Å². The smallest absolute Gasteiger partial charge is 0.264 e. The molecule has 2 heterocycles. The molecule has 0 saturated heterocycles. The number of thioether (sulfide) groups is 1. The molecule has 1 fully saturated rings. The van der Waals surface area contributed by atoms with Gasteiger partial charge in [-0.15, -0.1) is 0 Å². The number of benzene rings is 2. The number of nitrogens with one attached hydrogen (secondary N) is 1. The highest BCUT2D eigenvalue weighted by Gasteiger charge is 2.29. The fourth-order valence-corrected chi connectivity index (χ4v) is 5.83. The maximum atomic E-state index is 13.8. The summed E-state index contributed by atoms with van der Waals surface area (Å²) < 4.78 is 20.2. The zero-order valence-corrected chi connectivity index (χ0v) is 22.0. The molecule has 5 rings (SSSR count). The van der Waals surface area contributed by atoms with Gasteiger partial charge in [-0.1, -0.05) is 30.3 Å². The van der Waals surface area contributed by atoms with Gasteiger partial charge in [-0.2, -0.15) is 0 Å². The number of ether oxygens (including phenoxy) is 1. The highest BCUT2D eigenvalue weighted by molar-refractivity contribution is 7.99. The second kappa shape index (κ2) is 12.0. The van der Waals surface area contributed by atoms with Crippen LogP contribution in [0.4, 0.5) is 10.1 Å². The number of amides is 1. The molecule has 10 heteroatoms. The second-order valence-electron chi connectivity index (χ2n) is 9.59. The third kappa shape index (κ3) is 6.02. The van der Waals surface area contributed by atoms with Crippen LogP contribution in [0.15, 0.2) is 58.5 Å². The van der Waals surface area contributed by atoms with Gasteiger partial charge in [-0.25, -0.2) is 9.37 Å². The minimum Gasteiger partial charge on any atom is -0.494 e. The zero-order chi connectivity index (χ0) is 26.5. The van der Waals surface area contributed by atoms with Crippen molar-refractivity contribution in [3.8, 4) is 11.4 Å². The van der Waals surface area contributed by atoms with Gasteiger partial charge < -0.3 is 20.7 Å². The summed E-state index contributed by atoms with van der Waals surface area (Å²) >= 11 is 1.65. The minimum atomic E-state index is -0.301. The van der Waals surface area contributed by atoms with Crippen molar-refractivity contribution in [2.75, 3.05) is 32.0 Å². The first kappa shape index (κ1) is 26.2. The normalized spacial score (nSPS) is 15.1. The summed E-state index contributed by atoms with van der Waals surface area (Å²) in [6, 6.07) is 13.2. The average Bonchev–Trinajstić information content (AvgIpc) is 2.90. The van der Waals surface area contributed by atoms with E-state index in [4.69, 9.17) is 15.5 Å². The first-order valence-electron chi connectivity index (χ1n) is 13.0. The van der Waals surface area contributed by atoms with E-state index < -0.39 is 0 Å². The van der Waals surface area contributed by atoms with Gasteiger partial charge in [0.05, 0.1) is 42.3 Å². The van der Waals surface area contributed by atoms with Gasteiger partial charge in [0.15, 0.2) is 5.16 Å². The number of nitrogen functional groups attached to an aromatic ring is 1. The molecule has 1 amide bonds. The van der Waals surface area contributed by atoms with E-state index in [2.05, 4.69) is 5.32 Å². The summed E-state index contributed by atoms with van der Waals surface area (Å²) in [4.78, 5) is 33.3. The Morgan fingerprint density at radius 2 is 1.97 bits per heavy atom. The molecule has 3 N–H and O–H groups in total. The van der Waals surface area contributed by atoms with E-state index in [1.807, 2.05) is 18.2 Å². The zero-order valence-electron chi connectivity index (χ0n) is 21.2. The topological polar surface area (TPSA) is 102 Å². The number of aromatic nitrogens is 2. The van der Waals surface area contributed by atoms with Gasteiger partial charge in [-0.05, 0) is 62.2 Å². The molecule has 3 aromatic rings. The monoisotopic (exact) mass is 537 g/mol. The molecule has 0 radical (unpaired) electrons. The molecule has 8 nitrogen and oxygen atoms in total. The van der Waals surface area contributed by atoms with Crippen LogP contribution in [0.5, 0.6) is 5.75 Å². The Bertz CT molecular complexity index is 1340. The van der Waals surface area contributed by atoms with Crippen molar-refractivity contribution in [2.45, 2.75) is 49.1 Å². The Labute approximate surface area is 225 Å². The van der Waals surface area contributed by atoms with E-state index in [1.54, 1.807) is 39.4 Å². The summed E-state index contributed by atoms with van der Waals surface area (Å²) in [5, 5.41) is 4.30. The van der Waals surface area contributed by atoms with Crippen molar-refractivity contribution in [3.63, 3.8) is 0 Å². The molecule has 0 spiro atoms. The van der Waals surface area contributed by atoms with Crippen molar-refractivity contribution >= 4 is 23.4 Å². The van der Waals surface area contributed by atoms with Crippen LogP contribution in [0.25, 0.3) is 5.69 Å². The Balaban J connectivity index is 1.21. The molecule has 200 valence electrons. The lowest BCUT2D eigenvalue weighted by Gasteiger charge is -2.30. The maximum Gasteiger partial charge on any atom is 0.264 e. The highest BCUT2D eigenvalue weighted by atomic mass is 32.2. The summed E-state index contributed by atoms with van der Waals surface area (Å²) in [5.41, 5.74) is 8.57. The van der Waals surface area contributed by atoms with Crippen LogP contribution in [0.1, 0.15) is 36.9 Å². The first-order chi connectivity index (χ1) is 18.5. The molecule has 1 aromatic heterocycles. The Hall–Kier alpha value is -3.37.